The average molecular weight is 409 g/mol. The first-order valence-electron chi connectivity index (χ1n) is 9.35. The Kier molecular flexibility index (Phi) is 6.20. The number of fused-ring (bicyclic) bond motifs is 1. The number of nitrogens with zero attached hydrogens (tertiary/aromatic N) is 1. The van der Waals surface area contributed by atoms with E-state index in [1.54, 1.807) is 38.3 Å². The topological polar surface area (TPSA) is 84.0 Å². The fourth-order valence-corrected chi connectivity index (χ4v) is 3.25. The summed E-state index contributed by atoms with van der Waals surface area (Å²) in [6.45, 7) is 3.82. The van der Waals surface area contributed by atoms with Crippen LogP contribution < -0.4 is 14.2 Å². The highest BCUT2D eigenvalue weighted by atomic mass is 16.5. The maximum Gasteiger partial charge on any atom is 0.340 e. The van der Waals surface area contributed by atoms with Crippen molar-refractivity contribution >= 4 is 22.5 Å². The monoisotopic (exact) mass is 409 g/mol. The molecule has 3 aromatic rings. The highest BCUT2D eigenvalue weighted by molar-refractivity contribution is 6.18. The van der Waals surface area contributed by atoms with Crippen LogP contribution in [0.3, 0.4) is 0 Å². The van der Waals surface area contributed by atoms with Crippen molar-refractivity contribution in [2.75, 3.05) is 27.9 Å². The van der Waals surface area contributed by atoms with E-state index in [-0.39, 0.29) is 23.6 Å². The number of rotatable bonds is 7. The fourth-order valence-electron chi connectivity index (χ4n) is 3.25. The number of pyridine rings is 1. The Labute approximate surface area is 174 Å². The van der Waals surface area contributed by atoms with E-state index in [2.05, 4.69) is 4.98 Å². The lowest BCUT2D eigenvalue weighted by molar-refractivity contribution is 0.0528. The molecular formula is C23H23NO6. The molecule has 3 rings (SSSR count). The minimum absolute atomic E-state index is 0.187. The third-order valence-electron chi connectivity index (χ3n) is 4.65. The summed E-state index contributed by atoms with van der Waals surface area (Å²) >= 11 is 0. The molecule has 0 aliphatic heterocycles. The molecule has 0 aliphatic rings. The van der Waals surface area contributed by atoms with Crippen LogP contribution in [0.4, 0.5) is 0 Å². The van der Waals surface area contributed by atoms with Gasteiger partial charge in [0.25, 0.3) is 0 Å². The summed E-state index contributed by atoms with van der Waals surface area (Å²) in [5, 5.41) is 0.952. The van der Waals surface area contributed by atoms with Gasteiger partial charge in [0, 0.05) is 22.5 Å². The van der Waals surface area contributed by atoms with E-state index in [0.29, 0.717) is 33.6 Å². The zero-order valence-electron chi connectivity index (χ0n) is 17.6. The van der Waals surface area contributed by atoms with E-state index in [0.717, 1.165) is 5.56 Å². The van der Waals surface area contributed by atoms with Crippen molar-refractivity contribution in [3.8, 4) is 17.2 Å². The van der Waals surface area contributed by atoms with E-state index in [1.165, 1.54) is 20.4 Å². The number of aromatic nitrogens is 1. The van der Waals surface area contributed by atoms with Crippen LogP contribution in [-0.2, 0) is 4.74 Å². The number of hydrogen-bond acceptors (Lipinski definition) is 7. The molecule has 0 atom stereocenters. The maximum absolute atomic E-state index is 13.3. The van der Waals surface area contributed by atoms with Crippen LogP contribution in [0.5, 0.6) is 17.2 Å². The van der Waals surface area contributed by atoms with Crippen LogP contribution in [0, 0.1) is 6.92 Å². The molecule has 156 valence electrons. The zero-order valence-corrected chi connectivity index (χ0v) is 17.6. The van der Waals surface area contributed by atoms with Gasteiger partial charge in [0.1, 0.15) is 11.4 Å². The van der Waals surface area contributed by atoms with Gasteiger partial charge in [-0.25, -0.2) is 4.79 Å². The molecule has 0 bridgehead atoms. The van der Waals surface area contributed by atoms with Gasteiger partial charge in [0.15, 0.2) is 11.5 Å². The molecule has 0 spiro atoms. The number of ketones is 1. The lowest BCUT2D eigenvalue weighted by Crippen LogP contribution is -2.11. The molecule has 7 nitrogen and oxygen atoms in total. The Hall–Kier alpha value is -3.61. The summed E-state index contributed by atoms with van der Waals surface area (Å²) in [5.74, 6) is 0.592. The second-order valence-electron chi connectivity index (χ2n) is 6.56. The molecule has 0 fully saturated rings. The van der Waals surface area contributed by atoms with Gasteiger partial charge in [-0.3, -0.25) is 9.78 Å². The first kappa shape index (κ1) is 21.1. The number of esters is 1. The minimum Gasteiger partial charge on any atom is -0.497 e. The number of benzene rings is 2. The highest BCUT2D eigenvalue weighted by Gasteiger charge is 2.22. The molecule has 0 amide bonds. The molecule has 0 aliphatic carbocycles. The van der Waals surface area contributed by atoms with Crippen molar-refractivity contribution in [1.29, 1.82) is 0 Å². The zero-order chi connectivity index (χ0) is 21.8. The molecule has 2 aromatic carbocycles. The van der Waals surface area contributed by atoms with Gasteiger partial charge in [-0.2, -0.15) is 0 Å². The smallest absolute Gasteiger partial charge is 0.340 e. The Balaban J connectivity index is 2.27. The summed E-state index contributed by atoms with van der Waals surface area (Å²) in [7, 11) is 4.54. The third-order valence-corrected chi connectivity index (χ3v) is 4.65. The van der Waals surface area contributed by atoms with Crippen molar-refractivity contribution in [3.63, 3.8) is 0 Å². The van der Waals surface area contributed by atoms with Crippen LogP contribution >= 0.6 is 0 Å². The highest BCUT2D eigenvalue weighted by Crippen LogP contribution is 2.35. The van der Waals surface area contributed by atoms with Crippen LogP contribution in [0.2, 0.25) is 0 Å². The molecule has 7 heteroatoms. The molecular weight excluding hydrogens is 386 g/mol. The van der Waals surface area contributed by atoms with Crippen LogP contribution in [-0.4, -0.2) is 44.7 Å². The Morgan fingerprint density at radius 2 is 1.57 bits per heavy atom. The molecule has 0 saturated heterocycles. The quantitative estimate of drug-likeness (QED) is 0.431. The number of carbonyl (C=O) groups is 2. The summed E-state index contributed by atoms with van der Waals surface area (Å²) in [5.41, 5.74) is 1.74. The third kappa shape index (κ3) is 3.91. The van der Waals surface area contributed by atoms with Gasteiger partial charge in [-0.05, 0) is 49.7 Å². The molecule has 30 heavy (non-hydrogen) atoms. The predicted octanol–water partition coefficient (Wildman–Crippen LogP) is 3.98. The largest absolute Gasteiger partial charge is 0.497 e. The van der Waals surface area contributed by atoms with Crippen LogP contribution in [0.1, 0.15) is 38.9 Å². The van der Waals surface area contributed by atoms with Crippen LogP contribution in [0.25, 0.3) is 10.8 Å². The maximum atomic E-state index is 13.3. The normalized spacial score (nSPS) is 10.6. The number of aryl methyl sites for hydroxylation is 1. The number of carbonyl (C=O) groups excluding carboxylic acids is 2. The van der Waals surface area contributed by atoms with Gasteiger partial charge >= 0.3 is 5.97 Å². The lowest BCUT2D eigenvalue weighted by atomic mass is 9.98. The summed E-state index contributed by atoms with van der Waals surface area (Å²) < 4.78 is 21.2. The number of ether oxygens (including phenoxy) is 4. The standard InChI is InChI=1S/C23H23NO6/c1-6-30-23(26)18-12-24-21(17-11-20(29-5)19(28-4)10-16(17)18)22(25)14-7-13(2)8-15(9-14)27-3/h7-12H,6H2,1-5H3. The Bertz CT molecular complexity index is 1120. The molecule has 1 heterocycles. The summed E-state index contributed by atoms with van der Waals surface area (Å²) in [6, 6.07) is 8.54. The van der Waals surface area contributed by atoms with E-state index in [1.807, 2.05) is 13.0 Å². The van der Waals surface area contributed by atoms with Gasteiger partial charge in [0.05, 0.1) is 33.5 Å². The van der Waals surface area contributed by atoms with E-state index < -0.39 is 5.97 Å². The van der Waals surface area contributed by atoms with Crippen molar-refractivity contribution in [3.05, 3.63) is 58.9 Å². The van der Waals surface area contributed by atoms with Crippen molar-refractivity contribution in [2.24, 2.45) is 0 Å². The summed E-state index contributed by atoms with van der Waals surface area (Å²) in [6.07, 6.45) is 1.35. The number of hydrogen-bond donors (Lipinski definition) is 0. The van der Waals surface area contributed by atoms with E-state index >= 15 is 0 Å². The predicted molar refractivity (Wildman–Crippen MR) is 112 cm³/mol. The molecule has 0 N–H and O–H groups in total. The van der Waals surface area contributed by atoms with Crippen molar-refractivity contribution in [2.45, 2.75) is 13.8 Å². The van der Waals surface area contributed by atoms with Crippen LogP contribution in [0.15, 0.2) is 36.5 Å². The van der Waals surface area contributed by atoms with E-state index in [9.17, 15) is 9.59 Å². The average Bonchev–Trinajstić information content (AvgIpc) is 2.76. The minimum atomic E-state index is -0.529. The van der Waals surface area contributed by atoms with Gasteiger partial charge in [-0.1, -0.05) is 0 Å². The summed E-state index contributed by atoms with van der Waals surface area (Å²) in [4.78, 5) is 30.1. The molecule has 0 radical (unpaired) electrons. The molecule has 0 unspecified atom stereocenters. The van der Waals surface area contributed by atoms with Crippen molar-refractivity contribution < 1.29 is 28.5 Å². The first-order chi connectivity index (χ1) is 14.4. The Morgan fingerprint density at radius 1 is 0.900 bits per heavy atom. The van der Waals surface area contributed by atoms with Gasteiger partial charge in [0.2, 0.25) is 5.78 Å². The molecule has 1 aromatic heterocycles. The Morgan fingerprint density at radius 3 is 2.17 bits per heavy atom. The van der Waals surface area contributed by atoms with Crippen molar-refractivity contribution in [1.82, 2.24) is 4.98 Å². The fraction of sp³-hybridized carbons (Fsp3) is 0.261. The first-order valence-corrected chi connectivity index (χ1v) is 9.35. The molecule has 0 saturated carbocycles. The SMILES string of the molecule is CCOC(=O)c1cnc(C(=O)c2cc(C)cc(OC)c2)c2cc(OC)c(OC)cc12. The lowest BCUT2D eigenvalue weighted by Gasteiger charge is -2.14. The van der Waals surface area contributed by atoms with Gasteiger partial charge in [-0.15, -0.1) is 0 Å². The number of methoxy groups -OCH3 is 3. The van der Waals surface area contributed by atoms with Gasteiger partial charge < -0.3 is 18.9 Å². The second-order valence-corrected chi connectivity index (χ2v) is 6.56. The second kappa shape index (κ2) is 8.82. The van der Waals surface area contributed by atoms with E-state index in [4.69, 9.17) is 18.9 Å².